The first-order valence-electron chi connectivity index (χ1n) is 8.93. The first kappa shape index (κ1) is 15.8. The molecule has 1 aromatic heterocycles. The highest BCUT2D eigenvalue weighted by atomic mass is 16.1. The molecule has 0 aliphatic heterocycles. The highest BCUT2D eigenvalue weighted by Gasteiger charge is 2.44. The van der Waals surface area contributed by atoms with Crippen LogP contribution in [0.1, 0.15) is 41.4 Å². The predicted octanol–water partition coefficient (Wildman–Crippen LogP) is 4.26. The molecule has 1 N–H and O–H groups in total. The van der Waals surface area contributed by atoms with Gasteiger partial charge in [-0.05, 0) is 47.9 Å². The number of pyridine rings is 1. The molecule has 0 bridgehead atoms. The van der Waals surface area contributed by atoms with Crippen LogP contribution in [0.15, 0.2) is 60.8 Å². The van der Waals surface area contributed by atoms with Gasteiger partial charge >= 0.3 is 0 Å². The van der Waals surface area contributed by atoms with Crippen molar-refractivity contribution in [1.82, 2.24) is 10.3 Å². The molecule has 1 amide bonds. The molecule has 1 heterocycles. The molecule has 2 aromatic carbocycles. The summed E-state index contributed by atoms with van der Waals surface area (Å²) in [6.45, 7) is 2.79. The van der Waals surface area contributed by atoms with Gasteiger partial charge in [0.25, 0.3) is 5.91 Å². The van der Waals surface area contributed by atoms with E-state index in [1.54, 1.807) is 6.20 Å². The molecule has 25 heavy (non-hydrogen) atoms. The number of carbonyl (C=O) groups is 1. The number of hydrogen-bond acceptors (Lipinski definition) is 2. The third-order valence-electron chi connectivity index (χ3n) is 5.28. The van der Waals surface area contributed by atoms with E-state index in [9.17, 15) is 4.79 Å². The van der Waals surface area contributed by atoms with Crippen LogP contribution in [0.4, 0.5) is 0 Å². The lowest BCUT2D eigenvalue weighted by atomic mass is 9.96. The Bertz CT molecular complexity index is 914. The van der Waals surface area contributed by atoms with Crippen LogP contribution >= 0.6 is 0 Å². The molecular weight excluding hydrogens is 308 g/mol. The van der Waals surface area contributed by atoms with Gasteiger partial charge in [-0.1, -0.05) is 49.4 Å². The molecular formula is C22H22N2O. The molecule has 4 rings (SSSR count). The quantitative estimate of drug-likeness (QED) is 0.759. The minimum absolute atomic E-state index is 0.0824. The van der Waals surface area contributed by atoms with Gasteiger partial charge in [-0.3, -0.25) is 9.78 Å². The van der Waals surface area contributed by atoms with Crippen molar-refractivity contribution in [3.05, 3.63) is 77.6 Å². The average molecular weight is 330 g/mol. The lowest BCUT2D eigenvalue weighted by Gasteiger charge is -2.17. The Morgan fingerprint density at radius 3 is 2.64 bits per heavy atom. The number of fused-ring (bicyclic) bond motifs is 1. The van der Waals surface area contributed by atoms with E-state index in [1.807, 2.05) is 12.1 Å². The van der Waals surface area contributed by atoms with Crippen LogP contribution in [-0.2, 0) is 11.8 Å². The molecule has 0 unspecified atom stereocenters. The standard InChI is InChI=1S/C22H22N2O/c1-2-16-8-9-17-10-13-23-20(19(17)14-16)21(25)24-15-22(11-12-22)18-6-4-3-5-7-18/h3-10,13-14H,2,11-12,15H2,1H3,(H,24,25). The number of carbonyl (C=O) groups excluding carboxylic acids is 1. The summed E-state index contributed by atoms with van der Waals surface area (Å²) in [4.78, 5) is 17.2. The summed E-state index contributed by atoms with van der Waals surface area (Å²) in [5.41, 5.74) is 3.17. The van der Waals surface area contributed by atoms with Crippen molar-refractivity contribution >= 4 is 16.7 Å². The SMILES string of the molecule is CCc1ccc2ccnc(C(=O)NCC3(c4ccccc4)CC3)c2c1. The van der Waals surface area contributed by atoms with Gasteiger partial charge in [0.2, 0.25) is 0 Å². The smallest absolute Gasteiger partial charge is 0.270 e. The Labute approximate surface area is 148 Å². The van der Waals surface area contributed by atoms with Gasteiger partial charge in [0, 0.05) is 23.5 Å². The van der Waals surface area contributed by atoms with Gasteiger partial charge in [0.1, 0.15) is 5.69 Å². The maximum atomic E-state index is 12.8. The lowest BCUT2D eigenvalue weighted by Crippen LogP contribution is -2.32. The third-order valence-corrected chi connectivity index (χ3v) is 5.28. The van der Waals surface area contributed by atoms with E-state index in [2.05, 4.69) is 59.7 Å². The molecule has 1 aliphatic rings. The number of benzene rings is 2. The first-order chi connectivity index (χ1) is 12.2. The van der Waals surface area contributed by atoms with E-state index in [0.717, 1.165) is 30.0 Å². The van der Waals surface area contributed by atoms with E-state index in [4.69, 9.17) is 0 Å². The van der Waals surface area contributed by atoms with E-state index in [1.165, 1.54) is 11.1 Å². The van der Waals surface area contributed by atoms with E-state index >= 15 is 0 Å². The third kappa shape index (κ3) is 3.02. The van der Waals surface area contributed by atoms with Crippen molar-refractivity contribution in [2.75, 3.05) is 6.54 Å². The number of aryl methyl sites for hydroxylation is 1. The van der Waals surface area contributed by atoms with Crippen molar-refractivity contribution in [2.24, 2.45) is 0 Å². The molecule has 3 nitrogen and oxygen atoms in total. The Hall–Kier alpha value is -2.68. The molecule has 126 valence electrons. The summed E-state index contributed by atoms with van der Waals surface area (Å²) in [5.74, 6) is -0.0824. The van der Waals surface area contributed by atoms with Crippen molar-refractivity contribution in [1.29, 1.82) is 0 Å². The number of amides is 1. The maximum absolute atomic E-state index is 12.8. The highest BCUT2D eigenvalue weighted by molar-refractivity contribution is 6.05. The Balaban J connectivity index is 1.57. The zero-order chi connectivity index (χ0) is 17.3. The lowest BCUT2D eigenvalue weighted by molar-refractivity contribution is 0.0946. The van der Waals surface area contributed by atoms with Crippen LogP contribution in [0, 0.1) is 0 Å². The van der Waals surface area contributed by atoms with Crippen LogP contribution in [0.2, 0.25) is 0 Å². The largest absolute Gasteiger partial charge is 0.350 e. The van der Waals surface area contributed by atoms with Crippen molar-refractivity contribution in [3.8, 4) is 0 Å². The Morgan fingerprint density at radius 1 is 1.12 bits per heavy atom. The fourth-order valence-electron chi connectivity index (χ4n) is 3.46. The summed E-state index contributed by atoms with van der Waals surface area (Å²) in [6, 6.07) is 18.7. The molecule has 0 spiro atoms. The zero-order valence-corrected chi connectivity index (χ0v) is 14.5. The van der Waals surface area contributed by atoms with Crippen molar-refractivity contribution < 1.29 is 4.79 Å². The number of hydrogen-bond donors (Lipinski definition) is 1. The normalized spacial score (nSPS) is 15.1. The topological polar surface area (TPSA) is 42.0 Å². The van der Waals surface area contributed by atoms with Crippen molar-refractivity contribution in [3.63, 3.8) is 0 Å². The average Bonchev–Trinajstić information content (AvgIpc) is 3.47. The van der Waals surface area contributed by atoms with Gasteiger partial charge in [-0.15, -0.1) is 0 Å². The number of nitrogens with zero attached hydrogens (tertiary/aromatic N) is 1. The van der Waals surface area contributed by atoms with Crippen molar-refractivity contribution in [2.45, 2.75) is 31.6 Å². The van der Waals surface area contributed by atoms with Gasteiger partial charge in [-0.2, -0.15) is 0 Å². The van der Waals surface area contributed by atoms with Gasteiger partial charge in [0.05, 0.1) is 0 Å². The van der Waals surface area contributed by atoms with Gasteiger partial charge in [-0.25, -0.2) is 0 Å². The molecule has 1 saturated carbocycles. The van der Waals surface area contributed by atoms with Gasteiger partial charge < -0.3 is 5.32 Å². The molecule has 3 heteroatoms. The molecule has 1 aliphatic carbocycles. The van der Waals surface area contributed by atoms with E-state index < -0.39 is 0 Å². The molecule has 0 radical (unpaired) electrons. The Kier molecular flexibility index (Phi) is 4.00. The fraction of sp³-hybridized carbons (Fsp3) is 0.273. The molecule has 1 fully saturated rings. The van der Waals surface area contributed by atoms with Gasteiger partial charge in [0.15, 0.2) is 0 Å². The molecule has 0 atom stereocenters. The van der Waals surface area contributed by atoms with Crippen LogP contribution in [0.25, 0.3) is 10.8 Å². The van der Waals surface area contributed by atoms with E-state index in [0.29, 0.717) is 12.2 Å². The minimum atomic E-state index is -0.0824. The summed E-state index contributed by atoms with van der Waals surface area (Å²) in [6.07, 6.45) is 4.91. The molecule has 3 aromatic rings. The second-order valence-corrected chi connectivity index (χ2v) is 6.90. The zero-order valence-electron chi connectivity index (χ0n) is 14.5. The summed E-state index contributed by atoms with van der Waals surface area (Å²) >= 11 is 0. The second-order valence-electron chi connectivity index (χ2n) is 6.90. The fourth-order valence-corrected chi connectivity index (χ4v) is 3.46. The molecule has 0 saturated heterocycles. The number of rotatable bonds is 5. The van der Waals surface area contributed by atoms with E-state index in [-0.39, 0.29) is 11.3 Å². The minimum Gasteiger partial charge on any atom is -0.350 e. The van der Waals surface area contributed by atoms with Crippen LogP contribution in [0.5, 0.6) is 0 Å². The summed E-state index contributed by atoms with van der Waals surface area (Å²) < 4.78 is 0. The van der Waals surface area contributed by atoms with Crippen LogP contribution in [-0.4, -0.2) is 17.4 Å². The van der Waals surface area contributed by atoms with Crippen LogP contribution in [0.3, 0.4) is 0 Å². The predicted molar refractivity (Wildman–Crippen MR) is 101 cm³/mol. The highest BCUT2D eigenvalue weighted by Crippen LogP contribution is 2.47. The summed E-state index contributed by atoms with van der Waals surface area (Å²) in [5, 5.41) is 5.12. The van der Waals surface area contributed by atoms with Crippen LogP contribution < -0.4 is 5.32 Å². The second kappa shape index (κ2) is 6.32. The number of nitrogens with one attached hydrogen (secondary N) is 1. The maximum Gasteiger partial charge on any atom is 0.270 e. The number of aromatic nitrogens is 1. The Morgan fingerprint density at radius 2 is 1.92 bits per heavy atom. The first-order valence-corrected chi connectivity index (χ1v) is 8.93. The monoisotopic (exact) mass is 330 g/mol. The summed E-state index contributed by atoms with van der Waals surface area (Å²) in [7, 11) is 0.